The molecule has 4 nitrogen and oxygen atoms in total. The van der Waals surface area contributed by atoms with Gasteiger partial charge < -0.3 is 18.9 Å². The van der Waals surface area contributed by atoms with E-state index in [1.165, 1.54) is 0 Å². The van der Waals surface area contributed by atoms with Gasteiger partial charge in [-0.3, -0.25) is 0 Å². The van der Waals surface area contributed by atoms with Crippen LogP contribution in [0.2, 0.25) is 0 Å². The molecule has 0 saturated heterocycles. The van der Waals surface area contributed by atoms with Crippen LogP contribution in [-0.2, 0) is 13.2 Å². The Bertz CT molecular complexity index is 1250. The van der Waals surface area contributed by atoms with Crippen LogP contribution in [-0.4, -0.2) is 7.11 Å². The van der Waals surface area contributed by atoms with Gasteiger partial charge in [0.1, 0.15) is 42.3 Å². The Balaban J connectivity index is 1.41. The lowest BCUT2D eigenvalue weighted by molar-refractivity contribution is 0.241. The van der Waals surface area contributed by atoms with E-state index in [9.17, 15) is 0 Å². The Hall–Kier alpha value is -4.18. The van der Waals surface area contributed by atoms with E-state index in [0.29, 0.717) is 19.0 Å². The zero-order valence-corrected chi connectivity index (χ0v) is 19.0. The summed E-state index contributed by atoms with van der Waals surface area (Å²) in [5, 5.41) is 0. The summed E-state index contributed by atoms with van der Waals surface area (Å²) in [6.45, 7) is 0.931. The first-order chi connectivity index (χ1) is 16.8. The standard InChI is InChI=1S/C30H26O4/c1-31-25-14-12-24(13-15-25)28-17-16-27-29(33-21-23-10-6-3-7-11-23)18-26(19-30(27)34-28)32-20-22-8-4-2-5-9-22/h2-19,28H,20-21H2,1H3. The van der Waals surface area contributed by atoms with Crippen molar-refractivity contribution < 1.29 is 18.9 Å². The number of hydrogen-bond donors (Lipinski definition) is 0. The maximum Gasteiger partial charge on any atom is 0.142 e. The molecule has 0 fully saturated rings. The largest absolute Gasteiger partial charge is 0.497 e. The molecule has 1 aliphatic heterocycles. The molecule has 0 aliphatic carbocycles. The quantitative estimate of drug-likeness (QED) is 0.290. The zero-order valence-electron chi connectivity index (χ0n) is 19.0. The van der Waals surface area contributed by atoms with E-state index in [0.717, 1.165) is 39.5 Å². The SMILES string of the molecule is COc1ccc(C2C=Cc3c(OCc4ccccc4)cc(OCc4ccccc4)cc3O2)cc1. The third-order valence-electron chi connectivity index (χ3n) is 5.70. The average Bonchev–Trinajstić information content (AvgIpc) is 2.91. The van der Waals surface area contributed by atoms with Crippen molar-refractivity contribution in [1.82, 2.24) is 0 Å². The summed E-state index contributed by atoms with van der Waals surface area (Å²) in [4.78, 5) is 0. The zero-order chi connectivity index (χ0) is 23.2. The molecule has 0 amide bonds. The van der Waals surface area contributed by atoms with Crippen LogP contribution in [0.25, 0.3) is 6.08 Å². The van der Waals surface area contributed by atoms with Crippen molar-refractivity contribution in [3.8, 4) is 23.0 Å². The highest BCUT2D eigenvalue weighted by Gasteiger charge is 2.21. The van der Waals surface area contributed by atoms with Gasteiger partial charge in [-0.2, -0.15) is 0 Å². The summed E-state index contributed by atoms with van der Waals surface area (Å²) in [7, 11) is 1.66. The second kappa shape index (κ2) is 10.2. The highest BCUT2D eigenvalue weighted by molar-refractivity contribution is 5.69. The van der Waals surface area contributed by atoms with Gasteiger partial charge in [-0.05, 0) is 41.0 Å². The molecule has 0 aromatic heterocycles. The van der Waals surface area contributed by atoms with Gasteiger partial charge in [-0.25, -0.2) is 0 Å². The second-order valence-electron chi connectivity index (χ2n) is 8.05. The summed E-state index contributed by atoms with van der Waals surface area (Å²) in [5.41, 5.74) is 4.16. The van der Waals surface area contributed by atoms with Gasteiger partial charge >= 0.3 is 0 Å². The molecule has 0 N–H and O–H groups in total. The third-order valence-corrected chi connectivity index (χ3v) is 5.70. The van der Waals surface area contributed by atoms with E-state index in [4.69, 9.17) is 18.9 Å². The second-order valence-corrected chi connectivity index (χ2v) is 8.05. The Morgan fingerprint density at radius 1 is 0.706 bits per heavy atom. The van der Waals surface area contributed by atoms with Gasteiger partial charge in [-0.1, -0.05) is 72.8 Å². The maximum absolute atomic E-state index is 6.39. The minimum atomic E-state index is -0.204. The van der Waals surface area contributed by atoms with E-state index in [2.05, 4.69) is 6.08 Å². The van der Waals surface area contributed by atoms with Gasteiger partial charge in [0.15, 0.2) is 0 Å². The highest BCUT2D eigenvalue weighted by atomic mass is 16.5. The van der Waals surface area contributed by atoms with E-state index >= 15 is 0 Å². The van der Waals surface area contributed by atoms with Crippen molar-refractivity contribution in [3.63, 3.8) is 0 Å². The topological polar surface area (TPSA) is 36.9 Å². The van der Waals surface area contributed by atoms with Crippen molar-refractivity contribution >= 4 is 6.08 Å². The Morgan fingerprint density at radius 3 is 2.00 bits per heavy atom. The molecular weight excluding hydrogens is 424 g/mol. The molecule has 1 aliphatic rings. The molecule has 1 atom stereocenters. The molecule has 0 saturated carbocycles. The first-order valence-electron chi connectivity index (χ1n) is 11.3. The van der Waals surface area contributed by atoms with Crippen molar-refractivity contribution in [2.75, 3.05) is 7.11 Å². The maximum atomic E-state index is 6.39. The van der Waals surface area contributed by atoms with Crippen molar-refractivity contribution in [2.45, 2.75) is 19.3 Å². The molecular formula is C30H26O4. The number of benzene rings is 4. The van der Waals surface area contributed by atoms with Crippen LogP contribution >= 0.6 is 0 Å². The first kappa shape index (κ1) is 21.7. The van der Waals surface area contributed by atoms with E-state index in [1.54, 1.807) is 7.11 Å². The minimum absolute atomic E-state index is 0.204. The van der Waals surface area contributed by atoms with Crippen molar-refractivity contribution in [1.29, 1.82) is 0 Å². The molecule has 4 aromatic carbocycles. The van der Waals surface area contributed by atoms with Crippen LogP contribution in [0.1, 0.15) is 28.4 Å². The molecule has 170 valence electrons. The molecule has 4 aromatic rings. The molecule has 34 heavy (non-hydrogen) atoms. The summed E-state index contributed by atoms with van der Waals surface area (Å²) in [5.74, 6) is 2.98. The molecule has 5 rings (SSSR count). The monoisotopic (exact) mass is 450 g/mol. The van der Waals surface area contributed by atoms with E-state index in [-0.39, 0.29) is 6.10 Å². The van der Waals surface area contributed by atoms with Gasteiger partial charge in [0.2, 0.25) is 0 Å². The molecule has 0 radical (unpaired) electrons. The van der Waals surface area contributed by atoms with E-state index in [1.807, 2.05) is 103 Å². The van der Waals surface area contributed by atoms with Gasteiger partial charge in [0.05, 0.1) is 12.7 Å². The molecule has 1 heterocycles. The Morgan fingerprint density at radius 2 is 1.35 bits per heavy atom. The number of fused-ring (bicyclic) bond motifs is 1. The predicted molar refractivity (Wildman–Crippen MR) is 133 cm³/mol. The lowest BCUT2D eigenvalue weighted by atomic mass is 10.0. The number of ether oxygens (including phenoxy) is 4. The minimum Gasteiger partial charge on any atom is -0.497 e. The fourth-order valence-corrected chi connectivity index (χ4v) is 3.85. The smallest absolute Gasteiger partial charge is 0.142 e. The number of methoxy groups -OCH3 is 1. The van der Waals surface area contributed by atoms with Gasteiger partial charge in [-0.15, -0.1) is 0 Å². The van der Waals surface area contributed by atoms with Crippen LogP contribution in [0, 0.1) is 0 Å². The van der Waals surface area contributed by atoms with Gasteiger partial charge in [0.25, 0.3) is 0 Å². The molecule has 4 heteroatoms. The molecule has 0 spiro atoms. The van der Waals surface area contributed by atoms with Crippen LogP contribution in [0.3, 0.4) is 0 Å². The van der Waals surface area contributed by atoms with Crippen LogP contribution in [0.4, 0.5) is 0 Å². The summed E-state index contributed by atoms with van der Waals surface area (Å²) < 4.78 is 24.0. The summed E-state index contributed by atoms with van der Waals surface area (Å²) in [6.07, 6.45) is 3.91. The average molecular weight is 451 g/mol. The van der Waals surface area contributed by atoms with Crippen molar-refractivity contribution in [2.24, 2.45) is 0 Å². The lowest BCUT2D eigenvalue weighted by Crippen LogP contribution is -2.10. The fraction of sp³-hybridized carbons (Fsp3) is 0.133. The first-order valence-corrected chi connectivity index (χ1v) is 11.3. The Kier molecular flexibility index (Phi) is 6.48. The Labute approximate surface area is 200 Å². The molecule has 0 bridgehead atoms. The highest BCUT2D eigenvalue weighted by Crippen LogP contribution is 2.41. The van der Waals surface area contributed by atoms with Crippen LogP contribution in [0.5, 0.6) is 23.0 Å². The molecule has 1 unspecified atom stereocenters. The number of rotatable bonds is 8. The van der Waals surface area contributed by atoms with Crippen LogP contribution < -0.4 is 18.9 Å². The number of hydrogen-bond acceptors (Lipinski definition) is 4. The van der Waals surface area contributed by atoms with Crippen LogP contribution in [0.15, 0.2) is 103 Å². The van der Waals surface area contributed by atoms with Gasteiger partial charge in [0, 0.05) is 12.1 Å². The summed E-state index contributed by atoms with van der Waals surface area (Å²) >= 11 is 0. The van der Waals surface area contributed by atoms with E-state index < -0.39 is 0 Å². The summed E-state index contributed by atoms with van der Waals surface area (Å²) in [6, 6.07) is 32.0. The predicted octanol–water partition coefficient (Wildman–Crippen LogP) is 7.00. The fourth-order valence-electron chi connectivity index (χ4n) is 3.85. The lowest BCUT2D eigenvalue weighted by Gasteiger charge is -2.24. The normalized spacial score (nSPS) is 14.1. The van der Waals surface area contributed by atoms with Crippen molar-refractivity contribution in [3.05, 3.63) is 125 Å². The third kappa shape index (κ3) is 5.07.